The third kappa shape index (κ3) is 1.77. The van der Waals surface area contributed by atoms with Gasteiger partial charge in [-0.2, -0.15) is 0 Å². The summed E-state index contributed by atoms with van der Waals surface area (Å²) < 4.78 is 1.26. The average Bonchev–Trinajstić information content (AvgIpc) is 2.29. The highest BCUT2D eigenvalue weighted by Crippen LogP contribution is 2.28. The van der Waals surface area contributed by atoms with Gasteiger partial charge in [-0.3, -0.25) is 9.59 Å². The Morgan fingerprint density at radius 1 is 1.58 bits per heavy atom. The largest absolute Gasteiger partial charge is 0.273 e. The second-order valence-electron chi connectivity index (χ2n) is 2.36. The Bertz CT molecular complexity index is 208. The van der Waals surface area contributed by atoms with Gasteiger partial charge in [-0.15, -0.1) is 11.8 Å². The third-order valence-electron chi connectivity index (χ3n) is 1.61. The summed E-state index contributed by atoms with van der Waals surface area (Å²) in [6.45, 7) is 1.99. The Labute approximate surface area is 80.4 Å². The van der Waals surface area contributed by atoms with E-state index in [-0.39, 0.29) is 17.1 Å². The highest BCUT2D eigenvalue weighted by molar-refractivity contribution is 8.01. The summed E-state index contributed by atoms with van der Waals surface area (Å²) in [6, 6.07) is 0. The van der Waals surface area contributed by atoms with Crippen molar-refractivity contribution in [3.63, 3.8) is 0 Å². The molecule has 0 spiro atoms. The lowest BCUT2D eigenvalue weighted by atomic mass is 10.4. The van der Waals surface area contributed by atoms with E-state index in [1.165, 1.54) is 16.3 Å². The number of hydrogen-bond donors (Lipinski definition) is 0. The third-order valence-corrected chi connectivity index (χ3v) is 3.47. The molecule has 68 valence electrons. The number of thioether (sulfide) groups is 1. The molecule has 0 radical (unpaired) electrons. The van der Waals surface area contributed by atoms with Crippen molar-refractivity contribution in [2.75, 3.05) is 12.0 Å². The summed E-state index contributed by atoms with van der Waals surface area (Å²) in [7, 11) is 0. The molecule has 1 rings (SSSR count). The predicted octanol–water partition coefficient (Wildman–Crippen LogP) is 1.15. The molecule has 0 aliphatic carbocycles. The molecule has 1 aliphatic rings. The first kappa shape index (κ1) is 9.92. The lowest BCUT2D eigenvalue weighted by Gasteiger charge is -2.09. The van der Waals surface area contributed by atoms with Gasteiger partial charge in [0.05, 0.1) is 5.25 Å². The van der Waals surface area contributed by atoms with Gasteiger partial charge >= 0.3 is 0 Å². The van der Waals surface area contributed by atoms with Crippen molar-refractivity contribution >= 4 is 35.5 Å². The SMILES string of the molecule is CCSC1CC(=O)N(SC)C1=O. The zero-order valence-electron chi connectivity index (χ0n) is 7.07. The van der Waals surface area contributed by atoms with Crippen LogP contribution in [0.1, 0.15) is 13.3 Å². The van der Waals surface area contributed by atoms with Crippen LogP contribution in [-0.2, 0) is 9.59 Å². The fraction of sp³-hybridized carbons (Fsp3) is 0.714. The molecule has 1 unspecified atom stereocenters. The molecule has 0 N–H and O–H groups in total. The van der Waals surface area contributed by atoms with E-state index in [2.05, 4.69) is 0 Å². The maximum atomic E-state index is 11.4. The number of amides is 2. The molecular formula is C7H11NO2S2. The molecule has 0 bridgehead atoms. The van der Waals surface area contributed by atoms with Crippen molar-refractivity contribution in [1.29, 1.82) is 0 Å². The van der Waals surface area contributed by atoms with E-state index >= 15 is 0 Å². The molecule has 1 atom stereocenters. The van der Waals surface area contributed by atoms with Crippen LogP contribution in [0.3, 0.4) is 0 Å². The number of carbonyl (C=O) groups excluding carboxylic acids is 2. The van der Waals surface area contributed by atoms with Crippen molar-refractivity contribution in [2.24, 2.45) is 0 Å². The highest BCUT2D eigenvalue weighted by atomic mass is 32.2. The lowest BCUT2D eigenvalue weighted by Crippen LogP contribution is -2.24. The van der Waals surface area contributed by atoms with E-state index in [4.69, 9.17) is 0 Å². The minimum atomic E-state index is -0.130. The highest BCUT2D eigenvalue weighted by Gasteiger charge is 2.38. The van der Waals surface area contributed by atoms with Crippen LogP contribution in [0.2, 0.25) is 0 Å². The van der Waals surface area contributed by atoms with Crippen molar-refractivity contribution in [1.82, 2.24) is 4.31 Å². The minimum absolute atomic E-state index is 0.0423. The molecule has 5 heteroatoms. The fourth-order valence-electron chi connectivity index (χ4n) is 1.11. The van der Waals surface area contributed by atoms with Gasteiger partial charge in [-0.1, -0.05) is 6.92 Å². The molecule has 1 aliphatic heterocycles. The van der Waals surface area contributed by atoms with Crippen molar-refractivity contribution in [2.45, 2.75) is 18.6 Å². The molecule has 1 heterocycles. The summed E-state index contributed by atoms with van der Waals surface area (Å²) >= 11 is 2.74. The van der Waals surface area contributed by atoms with Gasteiger partial charge in [0.15, 0.2) is 0 Å². The van der Waals surface area contributed by atoms with Crippen LogP contribution in [0.5, 0.6) is 0 Å². The van der Waals surface area contributed by atoms with E-state index < -0.39 is 0 Å². The fourth-order valence-corrected chi connectivity index (χ4v) is 2.67. The summed E-state index contributed by atoms with van der Waals surface area (Å²) in [5.41, 5.74) is 0. The zero-order chi connectivity index (χ0) is 9.14. The van der Waals surface area contributed by atoms with Crippen LogP contribution in [0, 0.1) is 0 Å². The van der Waals surface area contributed by atoms with E-state index in [1.54, 1.807) is 18.0 Å². The quantitative estimate of drug-likeness (QED) is 0.511. The van der Waals surface area contributed by atoms with Crippen molar-refractivity contribution < 1.29 is 9.59 Å². The predicted molar refractivity (Wildman–Crippen MR) is 51.9 cm³/mol. The number of imide groups is 1. The second kappa shape index (κ2) is 4.18. The number of rotatable bonds is 3. The number of nitrogens with zero attached hydrogens (tertiary/aromatic N) is 1. The molecule has 0 saturated carbocycles. The maximum absolute atomic E-state index is 11.4. The molecule has 0 aromatic heterocycles. The molecule has 3 nitrogen and oxygen atoms in total. The van der Waals surface area contributed by atoms with E-state index in [9.17, 15) is 9.59 Å². The van der Waals surface area contributed by atoms with E-state index in [1.807, 2.05) is 6.92 Å². The van der Waals surface area contributed by atoms with Crippen LogP contribution >= 0.6 is 23.7 Å². The minimum Gasteiger partial charge on any atom is -0.273 e. The summed E-state index contributed by atoms with van der Waals surface area (Å²) in [5, 5.41) is -0.130. The molecular weight excluding hydrogens is 194 g/mol. The first-order valence-electron chi connectivity index (χ1n) is 3.73. The Morgan fingerprint density at radius 3 is 2.67 bits per heavy atom. The van der Waals surface area contributed by atoms with Crippen LogP contribution in [0.15, 0.2) is 0 Å². The van der Waals surface area contributed by atoms with Gasteiger partial charge in [0.25, 0.3) is 5.91 Å². The Kier molecular flexibility index (Phi) is 3.46. The van der Waals surface area contributed by atoms with Crippen molar-refractivity contribution in [3.05, 3.63) is 0 Å². The van der Waals surface area contributed by atoms with Gasteiger partial charge in [0.2, 0.25) is 5.91 Å². The first-order valence-corrected chi connectivity index (χ1v) is 5.96. The molecule has 0 aromatic carbocycles. The van der Waals surface area contributed by atoms with E-state index in [0.717, 1.165) is 5.75 Å². The molecule has 0 aromatic rings. The van der Waals surface area contributed by atoms with Crippen molar-refractivity contribution in [3.8, 4) is 0 Å². The van der Waals surface area contributed by atoms with Crippen LogP contribution in [0.25, 0.3) is 0 Å². The lowest BCUT2D eigenvalue weighted by molar-refractivity contribution is -0.131. The maximum Gasteiger partial charge on any atom is 0.252 e. The normalized spacial score (nSPS) is 23.8. The number of hydrogen-bond acceptors (Lipinski definition) is 4. The van der Waals surface area contributed by atoms with Crippen LogP contribution in [0.4, 0.5) is 0 Å². The summed E-state index contributed by atoms with van der Waals surface area (Å²) in [4.78, 5) is 22.6. The van der Waals surface area contributed by atoms with Gasteiger partial charge in [0.1, 0.15) is 0 Å². The Hall–Kier alpha value is -0.160. The van der Waals surface area contributed by atoms with Gasteiger partial charge in [-0.25, -0.2) is 4.31 Å². The standard InChI is InChI=1S/C7H11NO2S2/c1-3-12-5-4-6(9)8(11-2)7(5)10/h5H,3-4H2,1-2H3. The molecule has 1 fully saturated rings. The topological polar surface area (TPSA) is 37.4 Å². The van der Waals surface area contributed by atoms with Crippen LogP contribution < -0.4 is 0 Å². The Balaban J connectivity index is 2.62. The van der Waals surface area contributed by atoms with Crippen LogP contribution in [-0.4, -0.2) is 33.4 Å². The summed E-state index contributed by atoms with van der Waals surface area (Å²) in [5.74, 6) is 0.782. The second-order valence-corrected chi connectivity index (χ2v) is 4.57. The molecule has 2 amide bonds. The zero-order valence-corrected chi connectivity index (χ0v) is 8.70. The Morgan fingerprint density at radius 2 is 2.25 bits per heavy atom. The average molecular weight is 205 g/mol. The van der Waals surface area contributed by atoms with E-state index in [0.29, 0.717) is 6.42 Å². The monoisotopic (exact) mass is 205 g/mol. The number of carbonyl (C=O) groups is 2. The molecule has 12 heavy (non-hydrogen) atoms. The molecule has 1 saturated heterocycles. The van der Waals surface area contributed by atoms with Gasteiger partial charge in [0, 0.05) is 12.7 Å². The van der Waals surface area contributed by atoms with Gasteiger partial charge < -0.3 is 0 Å². The van der Waals surface area contributed by atoms with Gasteiger partial charge in [-0.05, 0) is 17.7 Å². The first-order chi connectivity index (χ1) is 5.70. The smallest absolute Gasteiger partial charge is 0.252 e. The summed E-state index contributed by atoms with van der Waals surface area (Å²) in [6.07, 6.45) is 2.12.